The number of nitrogens with one attached hydrogen (secondary N) is 2. The average Bonchev–Trinajstić information content (AvgIpc) is 3.10. The number of methoxy groups -OCH3 is 1. The zero-order valence-electron chi connectivity index (χ0n) is 14.6. The van der Waals surface area contributed by atoms with Gasteiger partial charge in [-0.1, -0.05) is 36.4 Å². The van der Waals surface area contributed by atoms with Gasteiger partial charge in [0.1, 0.15) is 0 Å². The molecule has 132 valence electrons. The summed E-state index contributed by atoms with van der Waals surface area (Å²) in [6.45, 7) is 2.43. The van der Waals surface area contributed by atoms with Crippen molar-refractivity contribution in [3.63, 3.8) is 0 Å². The molecule has 2 aromatic rings. The van der Waals surface area contributed by atoms with Gasteiger partial charge >= 0.3 is 6.03 Å². The van der Waals surface area contributed by atoms with Crippen molar-refractivity contribution in [2.24, 2.45) is 0 Å². The number of carbonyl (C=O) groups is 1. The topological polar surface area (TPSA) is 53.6 Å². The lowest BCUT2D eigenvalue weighted by atomic mass is 10.1. The zero-order chi connectivity index (χ0) is 17.5. The van der Waals surface area contributed by atoms with E-state index in [1.54, 1.807) is 7.11 Å². The third-order valence-electron chi connectivity index (χ3n) is 4.49. The lowest BCUT2D eigenvalue weighted by molar-refractivity contribution is 0.202. The van der Waals surface area contributed by atoms with Gasteiger partial charge in [0.15, 0.2) is 0 Å². The molecule has 3 rings (SSSR count). The standard InChI is InChI=1S/C20H25N3O2/c1-25-14-12-16-7-5-6-10-19(16)22-20(24)21-17-11-13-23(15-17)18-8-3-2-4-9-18/h2-10,17H,11-15H2,1H3,(H2,21,22,24)/t17-/m1/s1. The minimum Gasteiger partial charge on any atom is -0.384 e. The fourth-order valence-corrected chi connectivity index (χ4v) is 3.17. The van der Waals surface area contributed by atoms with E-state index < -0.39 is 0 Å². The van der Waals surface area contributed by atoms with E-state index in [2.05, 4.69) is 27.7 Å². The van der Waals surface area contributed by atoms with Gasteiger partial charge in [0, 0.05) is 37.6 Å². The van der Waals surface area contributed by atoms with Gasteiger partial charge in [-0.05, 0) is 36.6 Å². The number of amides is 2. The number of ether oxygens (including phenoxy) is 1. The SMILES string of the molecule is COCCc1ccccc1NC(=O)N[C@@H]1CCN(c2ccccc2)C1. The summed E-state index contributed by atoms with van der Waals surface area (Å²) in [5, 5.41) is 6.06. The molecule has 0 saturated carbocycles. The highest BCUT2D eigenvalue weighted by atomic mass is 16.5. The van der Waals surface area contributed by atoms with Gasteiger partial charge in [-0.2, -0.15) is 0 Å². The Morgan fingerprint density at radius 3 is 2.72 bits per heavy atom. The van der Waals surface area contributed by atoms with Crippen molar-refractivity contribution in [1.29, 1.82) is 0 Å². The molecule has 2 amide bonds. The molecule has 1 atom stereocenters. The summed E-state index contributed by atoms with van der Waals surface area (Å²) in [6.07, 6.45) is 1.73. The maximum atomic E-state index is 12.4. The first kappa shape index (κ1) is 17.3. The number of urea groups is 1. The number of para-hydroxylation sites is 2. The Morgan fingerprint density at radius 1 is 1.16 bits per heavy atom. The number of carbonyl (C=O) groups excluding carboxylic acids is 1. The monoisotopic (exact) mass is 339 g/mol. The van der Waals surface area contributed by atoms with Gasteiger partial charge in [-0.3, -0.25) is 0 Å². The first-order valence-electron chi connectivity index (χ1n) is 8.70. The fraction of sp³-hybridized carbons (Fsp3) is 0.350. The smallest absolute Gasteiger partial charge is 0.319 e. The van der Waals surface area contributed by atoms with Gasteiger partial charge in [-0.15, -0.1) is 0 Å². The Kier molecular flexibility index (Phi) is 5.90. The maximum Gasteiger partial charge on any atom is 0.319 e. The van der Waals surface area contributed by atoms with E-state index in [0.29, 0.717) is 6.61 Å². The van der Waals surface area contributed by atoms with Crippen molar-refractivity contribution >= 4 is 17.4 Å². The molecule has 0 aromatic heterocycles. The molecule has 2 aromatic carbocycles. The summed E-state index contributed by atoms with van der Waals surface area (Å²) in [7, 11) is 1.68. The molecule has 0 aliphatic carbocycles. The van der Waals surface area contributed by atoms with Crippen molar-refractivity contribution in [3.8, 4) is 0 Å². The Labute approximate surface area is 149 Å². The minimum absolute atomic E-state index is 0.148. The van der Waals surface area contributed by atoms with Crippen LogP contribution in [0.4, 0.5) is 16.2 Å². The van der Waals surface area contributed by atoms with Crippen molar-refractivity contribution < 1.29 is 9.53 Å². The van der Waals surface area contributed by atoms with Crippen LogP contribution in [0.25, 0.3) is 0 Å². The molecule has 2 N–H and O–H groups in total. The quantitative estimate of drug-likeness (QED) is 0.849. The largest absolute Gasteiger partial charge is 0.384 e. The van der Waals surface area contributed by atoms with Crippen molar-refractivity contribution in [1.82, 2.24) is 5.32 Å². The Morgan fingerprint density at radius 2 is 1.92 bits per heavy atom. The number of benzene rings is 2. The molecule has 0 unspecified atom stereocenters. The predicted octanol–water partition coefficient (Wildman–Crippen LogP) is 3.28. The molecule has 1 fully saturated rings. The Hall–Kier alpha value is -2.53. The van der Waals surface area contributed by atoms with Crippen LogP contribution in [0, 0.1) is 0 Å². The van der Waals surface area contributed by atoms with Crippen LogP contribution in [0.5, 0.6) is 0 Å². The number of hydrogen-bond donors (Lipinski definition) is 2. The van der Waals surface area contributed by atoms with Gasteiger partial charge in [0.2, 0.25) is 0 Å². The second kappa shape index (κ2) is 8.53. The van der Waals surface area contributed by atoms with E-state index in [4.69, 9.17) is 4.74 Å². The average molecular weight is 339 g/mol. The predicted molar refractivity (Wildman–Crippen MR) is 101 cm³/mol. The first-order valence-corrected chi connectivity index (χ1v) is 8.70. The molecule has 25 heavy (non-hydrogen) atoms. The number of nitrogens with zero attached hydrogens (tertiary/aromatic N) is 1. The highest BCUT2D eigenvalue weighted by Gasteiger charge is 2.24. The molecule has 1 aliphatic heterocycles. The van der Waals surface area contributed by atoms with E-state index in [1.807, 2.05) is 42.5 Å². The second-order valence-corrected chi connectivity index (χ2v) is 6.27. The van der Waals surface area contributed by atoms with Gasteiger partial charge in [-0.25, -0.2) is 4.79 Å². The summed E-state index contributed by atoms with van der Waals surface area (Å²) in [5.74, 6) is 0. The van der Waals surface area contributed by atoms with Crippen LogP contribution < -0.4 is 15.5 Å². The van der Waals surface area contributed by atoms with Crippen LogP contribution in [0.15, 0.2) is 54.6 Å². The fourth-order valence-electron chi connectivity index (χ4n) is 3.17. The van der Waals surface area contributed by atoms with E-state index in [0.717, 1.165) is 37.2 Å². The summed E-state index contributed by atoms with van der Waals surface area (Å²) in [4.78, 5) is 14.7. The van der Waals surface area contributed by atoms with Gasteiger partial charge in [0.05, 0.1) is 6.61 Å². The van der Waals surface area contributed by atoms with E-state index >= 15 is 0 Å². The van der Waals surface area contributed by atoms with Crippen molar-refractivity contribution in [2.75, 3.05) is 37.0 Å². The molecule has 1 saturated heterocycles. The molecule has 1 aliphatic rings. The van der Waals surface area contributed by atoms with Crippen LogP contribution in [0.3, 0.4) is 0 Å². The van der Waals surface area contributed by atoms with Crippen molar-refractivity contribution in [3.05, 3.63) is 60.2 Å². The Bertz CT molecular complexity index is 690. The molecule has 5 nitrogen and oxygen atoms in total. The van der Waals surface area contributed by atoms with Crippen LogP contribution in [-0.4, -0.2) is 38.9 Å². The van der Waals surface area contributed by atoms with E-state index in [9.17, 15) is 4.79 Å². The highest BCUT2D eigenvalue weighted by Crippen LogP contribution is 2.20. The van der Waals surface area contributed by atoms with Crippen LogP contribution in [-0.2, 0) is 11.2 Å². The summed E-state index contributed by atoms with van der Waals surface area (Å²) < 4.78 is 5.13. The van der Waals surface area contributed by atoms with Gasteiger partial charge < -0.3 is 20.3 Å². The van der Waals surface area contributed by atoms with Crippen LogP contribution in [0.2, 0.25) is 0 Å². The van der Waals surface area contributed by atoms with Crippen molar-refractivity contribution in [2.45, 2.75) is 18.9 Å². The molecule has 0 radical (unpaired) electrons. The summed E-state index contributed by atoms with van der Waals surface area (Å²) >= 11 is 0. The van der Waals surface area contributed by atoms with E-state index in [1.165, 1.54) is 5.69 Å². The third kappa shape index (κ3) is 4.73. The van der Waals surface area contributed by atoms with Gasteiger partial charge in [0.25, 0.3) is 0 Å². The highest BCUT2D eigenvalue weighted by molar-refractivity contribution is 5.90. The van der Waals surface area contributed by atoms with Crippen LogP contribution >= 0.6 is 0 Å². The summed E-state index contributed by atoms with van der Waals surface area (Å²) in [6, 6.07) is 18.2. The first-order chi connectivity index (χ1) is 12.3. The lowest BCUT2D eigenvalue weighted by Gasteiger charge is -2.19. The molecule has 0 bridgehead atoms. The number of hydrogen-bond acceptors (Lipinski definition) is 3. The lowest BCUT2D eigenvalue weighted by Crippen LogP contribution is -2.39. The molecular weight excluding hydrogens is 314 g/mol. The second-order valence-electron chi connectivity index (χ2n) is 6.27. The molecule has 5 heteroatoms. The molecular formula is C20H25N3O2. The zero-order valence-corrected chi connectivity index (χ0v) is 14.6. The minimum atomic E-state index is -0.148. The Balaban J connectivity index is 1.54. The maximum absolute atomic E-state index is 12.4. The van der Waals surface area contributed by atoms with E-state index in [-0.39, 0.29) is 12.1 Å². The number of anilines is 2. The molecule has 1 heterocycles. The van der Waals surface area contributed by atoms with Crippen LogP contribution in [0.1, 0.15) is 12.0 Å². The summed E-state index contributed by atoms with van der Waals surface area (Å²) in [5.41, 5.74) is 3.13. The number of rotatable bonds is 6. The molecule has 0 spiro atoms. The normalized spacial score (nSPS) is 16.7. The third-order valence-corrected chi connectivity index (χ3v) is 4.49.